The van der Waals surface area contributed by atoms with Crippen LogP contribution in [0.15, 0.2) is 0 Å². The van der Waals surface area contributed by atoms with Crippen molar-refractivity contribution in [1.29, 1.82) is 0 Å². The summed E-state index contributed by atoms with van der Waals surface area (Å²) in [6, 6.07) is 0. The van der Waals surface area contributed by atoms with Crippen molar-refractivity contribution in [3.63, 3.8) is 0 Å². The van der Waals surface area contributed by atoms with Gasteiger partial charge in [-0.2, -0.15) is 0 Å². The molecule has 0 aromatic rings. The van der Waals surface area contributed by atoms with Crippen molar-refractivity contribution < 1.29 is 45.3 Å². The lowest BCUT2D eigenvalue weighted by Crippen LogP contribution is -2.61. The third-order valence-corrected chi connectivity index (χ3v) is 2.82. The summed E-state index contributed by atoms with van der Waals surface area (Å²) in [6.45, 7) is 0. The first-order valence-electron chi connectivity index (χ1n) is 5.29. The van der Waals surface area contributed by atoms with E-state index in [2.05, 4.69) is 0 Å². The van der Waals surface area contributed by atoms with E-state index in [1.165, 1.54) is 0 Å². The van der Waals surface area contributed by atoms with Crippen molar-refractivity contribution in [2.24, 2.45) is 0 Å². The zero-order valence-electron chi connectivity index (χ0n) is 9.49. The molecule has 10 nitrogen and oxygen atoms in total. The van der Waals surface area contributed by atoms with Gasteiger partial charge in [-0.25, -0.2) is 0 Å². The molecule has 19 heavy (non-hydrogen) atoms. The first kappa shape index (κ1) is 15.9. The summed E-state index contributed by atoms with van der Waals surface area (Å²) in [5.41, 5.74) is 0. The molecule has 7 unspecified atom stereocenters. The average Bonchev–Trinajstić information content (AvgIpc) is 2.40. The molecule has 0 bridgehead atoms. The number of carbonyl (C=O) groups is 2. The highest BCUT2D eigenvalue weighted by molar-refractivity contribution is 6.38. The highest BCUT2D eigenvalue weighted by Crippen LogP contribution is 2.14. The second kappa shape index (κ2) is 5.88. The summed E-state index contributed by atoms with van der Waals surface area (Å²) >= 11 is 0. The molecular weight excluding hydrogens is 266 g/mol. The second-order valence-corrected chi connectivity index (χ2v) is 4.18. The molecular formula is C9H15NO9. The summed E-state index contributed by atoms with van der Waals surface area (Å²) in [5.74, 6) is -3.12. The van der Waals surface area contributed by atoms with Crippen LogP contribution in [-0.2, 0) is 9.59 Å². The van der Waals surface area contributed by atoms with Gasteiger partial charge in [0.25, 0.3) is 11.7 Å². The van der Waals surface area contributed by atoms with Gasteiger partial charge in [-0.05, 0) is 0 Å². The molecule has 1 amide bonds. The van der Waals surface area contributed by atoms with E-state index in [-0.39, 0.29) is 0 Å². The number of rotatable bonds is 0. The molecule has 10 heteroatoms. The lowest BCUT2D eigenvalue weighted by Gasteiger charge is -2.33. The number of Topliss-reactive ketones (excluding diaryl/α,β-unsaturated/α-hetero) is 1. The average molecular weight is 281 g/mol. The monoisotopic (exact) mass is 281 g/mol. The normalized spacial score (nSPS) is 45.7. The maximum absolute atomic E-state index is 11.3. The number of hydrogen-bond donors (Lipinski definition) is 8. The van der Waals surface area contributed by atoms with E-state index in [1.54, 1.807) is 5.32 Å². The third-order valence-electron chi connectivity index (χ3n) is 2.82. The minimum Gasteiger partial charge on any atom is -0.387 e. The molecule has 0 spiro atoms. The van der Waals surface area contributed by atoms with Crippen molar-refractivity contribution in [1.82, 2.24) is 5.32 Å². The van der Waals surface area contributed by atoms with Crippen LogP contribution in [0, 0.1) is 0 Å². The van der Waals surface area contributed by atoms with Crippen LogP contribution in [-0.4, -0.2) is 90.3 Å². The van der Waals surface area contributed by atoms with E-state index in [1.807, 2.05) is 0 Å². The Morgan fingerprint density at radius 2 is 1.11 bits per heavy atom. The summed E-state index contributed by atoms with van der Waals surface area (Å²) in [7, 11) is 0. The van der Waals surface area contributed by atoms with Gasteiger partial charge in [0, 0.05) is 0 Å². The van der Waals surface area contributed by atoms with Gasteiger partial charge in [0.05, 0.1) is 0 Å². The molecule has 0 saturated carbocycles. The van der Waals surface area contributed by atoms with Crippen LogP contribution < -0.4 is 5.32 Å². The number of aliphatic hydroxyl groups is 7. The SMILES string of the molecule is O=C1NC(O)C(O)C(O)C(O)C(O)C(O)C(O)C1=O. The first-order chi connectivity index (χ1) is 8.68. The van der Waals surface area contributed by atoms with Crippen molar-refractivity contribution in [3.05, 3.63) is 0 Å². The molecule has 1 aliphatic heterocycles. The largest absolute Gasteiger partial charge is 0.387 e. The van der Waals surface area contributed by atoms with Crippen LogP contribution in [0.25, 0.3) is 0 Å². The fraction of sp³-hybridized carbons (Fsp3) is 0.778. The Hall–Kier alpha value is -1.14. The minimum absolute atomic E-state index is 1.53. The van der Waals surface area contributed by atoms with Crippen molar-refractivity contribution in [3.8, 4) is 0 Å². The highest BCUT2D eigenvalue weighted by atomic mass is 16.4. The minimum atomic E-state index is -2.36. The lowest BCUT2D eigenvalue weighted by molar-refractivity contribution is -0.181. The molecule has 1 fully saturated rings. The maximum Gasteiger partial charge on any atom is 0.292 e. The van der Waals surface area contributed by atoms with Crippen LogP contribution in [0.3, 0.4) is 0 Å². The van der Waals surface area contributed by atoms with Gasteiger partial charge >= 0.3 is 0 Å². The van der Waals surface area contributed by atoms with Crippen molar-refractivity contribution in [2.75, 3.05) is 0 Å². The van der Waals surface area contributed by atoms with Crippen LogP contribution in [0.5, 0.6) is 0 Å². The molecule has 1 rings (SSSR count). The molecule has 1 aliphatic rings. The molecule has 0 aromatic carbocycles. The predicted molar refractivity (Wildman–Crippen MR) is 55.2 cm³/mol. The Morgan fingerprint density at radius 1 is 0.684 bits per heavy atom. The topological polar surface area (TPSA) is 188 Å². The molecule has 0 aliphatic carbocycles. The molecule has 1 heterocycles. The summed E-state index contributed by atoms with van der Waals surface area (Å²) in [6.07, 6.45) is -15.4. The standard InChI is InChI=1S/C9H15NO9/c11-1-2(12)4(14)6(16)8(18)10-9(19)7(17)5(15)3(1)13/h1-6,8,11-16,18H,(H,10,19). The molecule has 0 radical (unpaired) electrons. The van der Waals surface area contributed by atoms with E-state index >= 15 is 0 Å². The van der Waals surface area contributed by atoms with Crippen LogP contribution in [0.1, 0.15) is 0 Å². The maximum atomic E-state index is 11.3. The van der Waals surface area contributed by atoms with E-state index in [9.17, 15) is 45.3 Å². The molecule has 0 aromatic heterocycles. The van der Waals surface area contributed by atoms with E-state index in [0.29, 0.717) is 0 Å². The van der Waals surface area contributed by atoms with Gasteiger partial charge in [-0.3, -0.25) is 9.59 Å². The highest BCUT2D eigenvalue weighted by Gasteiger charge is 2.44. The molecule has 7 atom stereocenters. The zero-order chi connectivity index (χ0) is 14.9. The summed E-state index contributed by atoms with van der Waals surface area (Å²) in [5, 5.41) is 67.2. The number of amides is 1. The fourth-order valence-electron chi connectivity index (χ4n) is 1.56. The Balaban J connectivity index is 3.09. The van der Waals surface area contributed by atoms with Gasteiger partial charge in [0.2, 0.25) is 0 Å². The Labute approximate surface area is 106 Å². The van der Waals surface area contributed by atoms with E-state index < -0.39 is 54.5 Å². The Bertz CT molecular complexity index is 362. The van der Waals surface area contributed by atoms with Gasteiger partial charge in [0.15, 0.2) is 12.3 Å². The number of carbonyl (C=O) groups excluding carboxylic acids is 2. The molecule has 110 valence electrons. The van der Waals surface area contributed by atoms with Crippen LogP contribution >= 0.6 is 0 Å². The van der Waals surface area contributed by atoms with Gasteiger partial charge < -0.3 is 41.1 Å². The van der Waals surface area contributed by atoms with Gasteiger partial charge in [0.1, 0.15) is 30.5 Å². The van der Waals surface area contributed by atoms with Crippen molar-refractivity contribution >= 4 is 11.7 Å². The Kier molecular flexibility index (Phi) is 4.92. The second-order valence-electron chi connectivity index (χ2n) is 4.18. The van der Waals surface area contributed by atoms with Gasteiger partial charge in [-0.15, -0.1) is 0 Å². The van der Waals surface area contributed by atoms with E-state index in [0.717, 1.165) is 0 Å². The fourth-order valence-corrected chi connectivity index (χ4v) is 1.56. The number of aliphatic hydroxyl groups excluding tert-OH is 7. The zero-order valence-corrected chi connectivity index (χ0v) is 9.49. The smallest absolute Gasteiger partial charge is 0.292 e. The quantitative estimate of drug-likeness (QED) is 0.200. The lowest BCUT2D eigenvalue weighted by atomic mass is 9.93. The summed E-state index contributed by atoms with van der Waals surface area (Å²) in [4.78, 5) is 22.5. The van der Waals surface area contributed by atoms with E-state index in [4.69, 9.17) is 0 Å². The molecule has 8 N–H and O–H groups in total. The number of ketones is 1. The Morgan fingerprint density at radius 3 is 1.63 bits per heavy atom. The predicted octanol–water partition coefficient (Wildman–Crippen LogP) is -5.83. The third kappa shape index (κ3) is 3.06. The van der Waals surface area contributed by atoms with Crippen LogP contribution in [0.2, 0.25) is 0 Å². The van der Waals surface area contributed by atoms with Crippen LogP contribution in [0.4, 0.5) is 0 Å². The first-order valence-corrected chi connectivity index (χ1v) is 5.29. The molecule has 1 saturated heterocycles. The van der Waals surface area contributed by atoms with Gasteiger partial charge in [-0.1, -0.05) is 0 Å². The van der Waals surface area contributed by atoms with Crippen molar-refractivity contribution in [2.45, 2.75) is 42.9 Å². The number of nitrogens with one attached hydrogen (secondary N) is 1. The summed E-state index contributed by atoms with van der Waals surface area (Å²) < 4.78 is 0. The number of hydrogen-bond acceptors (Lipinski definition) is 9.